The third-order valence-corrected chi connectivity index (χ3v) is 7.08. The molecule has 1 saturated carbocycles. The number of rotatable bonds is 6. The molecule has 1 aliphatic carbocycles. The van der Waals surface area contributed by atoms with E-state index in [2.05, 4.69) is 35.6 Å². The van der Waals surface area contributed by atoms with Gasteiger partial charge >= 0.3 is 0 Å². The number of phenolic OH excluding ortho intramolecular Hbond substituents is 1. The molecular weight excluding hydrogens is 437 g/mol. The van der Waals surface area contributed by atoms with Gasteiger partial charge in [0.15, 0.2) is 11.6 Å². The summed E-state index contributed by atoms with van der Waals surface area (Å²) in [5.41, 5.74) is 1.99. The SMILES string of the molecule is COc1cc(-c2ccc(-c3ncc(N(C4CC4)[C@@H]4C[C@@H]5CC[C@@H](N5)[C@@H]4F)nn3)c(O)c2)cnn1. The lowest BCUT2D eigenvalue weighted by Crippen LogP contribution is -2.57. The number of methoxy groups -OCH3 is 1. The van der Waals surface area contributed by atoms with E-state index in [1.54, 1.807) is 30.6 Å². The number of nitrogens with zero attached hydrogens (tertiary/aromatic N) is 6. The summed E-state index contributed by atoms with van der Waals surface area (Å²) in [4.78, 5) is 6.59. The third-order valence-electron chi connectivity index (χ3n) is 7.08. The smallest absolute Gasteiger partial charge is 0.233 e. The molecule has 2 bridgehead atoms. The Balaban J connectivity index is 1.26. The Morgan fingerprint density at radius 2 is 1.94 bits per heavy atom. The lowest BCUT2D eigenvalue weighted by molar-refractivity contribution is 0.171. The number of fused-ring (bicyclic) bond motifs is 2. The normalized spacial score (nSPS) is 25.8. The second-order valence-corrected chi connectivity index (χ2v) is 9.29. The van der Waals surface area contributed by atoms with Crippen molar-refractivity contribution in [1.82, 2.24) is 30.7 Å². The van der Waals surface area contributed by atoms with Gasteiger partial charge in [0.05, 0.1) is 31.1 Å². The zero-order valence-corrected chi connectivity index (χ0v) is 18.8. The summed E-state index contributed by atoms with van der Waals surface area (Å²) < 4.78 is 20.4. The summed E-state index contributed by atoms with van der Waals surface area (Å²) in [5, 5.41) is 30.6. The summed E-state index contributed by atoms with van der Waals surface area (Å²) in [6, 6.07) is 7.34. The van der Waals surface area contributed by atoms with Gasteiger partial charge in [-0.25, -0.2) is 9.37 Å². The van der Waals surface area contributed by atoms with Crippen molar-refractivity contribution >= 4 is 5.82 Å². The van der Waals surface area contributed by atoms with E-state index >= 15 is 4.39 Å². The zero-order valence-electron chi connectivity index (χ0n) is 18.8. The number of piperidine rings is 1. The molecule has 34 heavy (non-hydrogen) atoms. The van der Waals surface area contributed by atoms with Crippen LogP contribution in [0.3, 0.4) is 0 Å². The highest BCUT2D eigenvalue weighted by Crippen LogP contribution is 2.40. The molecule has 0 radical (unpaired) electrons. The topological polar surface area (TPSA) is 109 Å². The van der Waals surface area contributed by atoms with E-state index in [1.165, 1.54) is 7.11 Å². The molecule has 1 aromatic carbocycles. The minimum Gasteiger partial charge on any atom is -0.507 e. The first kappa shape index (κ1) is 21.2. The van der Waals surface area contributed by atoms with Crippen LogP contribution in [0.2, 0.25) is 0 Å². The minimum absolute atomic E-state index is 0.0284. The summed E-state index contributed by atoms with van der Waals surface area (Å²) >= 11 is 0. The van der Waals surface area contributed by atoms with E-state index in [0.29, 0.717) is 35.2 Å². The molecule has 4 heterocycles. The molecule has 0 spiro atoms. The highest BCUT2D eigenvalue weighted by molar-refractivity contribution is 5.72. The van der Waals surface area contributed by atoms with Crippen molar-refractivity contribution in [2.75, 3.05) is 12.0 Å². The van der Waals surface area contributed by atoms with Crippen molar-refractivity contribution in [3.8, 4) is 34.1 Å². The maximum absolute atomic E-state index is 15.3. The number of anilines is 1. The Kier molecular flexibility index (Phi) is 5.24. The fourth-order valence-electron chi connectivity index (χ4n) is 5.24. The van der Waals surface area contributed by atoms with Crippen molar-refractivity contribution in [1.29, 1.82) is 0 Å². The van der Waals surface area contributed by atoms with Gasteiger partial charge in [-0.2, -0.15) is 5.10 Å². The number of hydrogen-bond donors (Lipinski definition) is 2. The van der Waals surface area contributed by atoms with Crippen molar-refractivity contribution in [3.05, 3.63) is 36.7 Å². The third kappa shape index (κ3) is 3.81. The second-order valence-electron chi connectivity index (χ2n) is 9.29. The van der Waals surface area contributed by atoms with Gasteiger partial charge in [-0.1, -0.05) is 6.07 Å². The van der Waals surface area contributed by atoms with Crippen LogP contribution in [0.25, 0.3) is 22.5 Å². The van der Waals surface area contributed by atoms with Crippen LogP contribution >= 0.6 is 0 Å². The molecule has 9 nitrogen and oxygen atoms in total. The van der Waals surface area contributed by atoms with E-state index in [9.17, 15) is 5.11 Å². The van der Waals surface area contributed by atoms with Crippen LogP contribution in [-0.2, 0) is 0 Å². The molecule has 2 aromatic heterocycles. The lowest BCUT2D eigenvalue weighted by atomic mass is 9.96. The molecule has 0 amide bonds. The van der Waals surface area contributed by atoms with Crippen molar-refractivity contribution in [3.63, 3.8) is 0 Å². The molecule has 2 N–H and O–H groups in total. The van der Waals surface area contributed by atoms with Crippen molar-refractivity contribution < 1.29 is 14.2 Å². The number of halogens is 1. The van der Waals surface area contributed by atoms with Gasteiger partial charge in [-0.15, -0.1) is 15.3 Å². The van der Waals surface area contributed by atoms with E-state index in [4.69, 9.17) is 4.74 Å². The molecule has 2 aliphatic heterocycles. The summed E-state index contributed by atoms with van der Waals surface area (Å²) in [7, 11) is 1.52. The van der Waals surface area contributed by atoms with Crippen molar-refractivity contribution in [2.45, 2.75) is 62.4 Å². The van der Waals surface area contributed by atoms with Gasteiger partial charge in [0.2, 0.25) is 5.88 Å². The fourth-order valence-corrected chi connectivity index (χ4v) is 5.24. The Hall–Kier alpha value is -3.40. The van der Waals surface area contributed by atoms with Crippen LogP contribution in [0, 0.1) is 0 Å². The van der Waals surface area contributed by atoms with Gasteiger partial charge in [-0.3, -0.25) is 0 Å². The number of phenols is 1. The Morgan fingerprint density at radius 1 is 1.06 bits per heavy atom. The standard InChI is InChI=1S/C24H26FN7O2/c1-34-22-9-14(11-27-30-22)13-2-6-17(20(33)8-13)24-26-12-21(29-31-24)32(16-4-5-16)19-10-15-3-7-18(28-15)23(19)25/h2,6,8-9,11-12,15-16,18-19,23,28,33H,3-5,7,10H2,1H3/t15-,18+,19+,23-/m0/s1. The molecule has 6 rings (SSSR count). The fraction of sp³-hybridized carbons (Fsp3) is 0.458. The molecule has 0 unspecified atom stereocenters. The predicted octanol–water partition coefficient (Wildman–Crippen LogP) is 2.91. The maximum Gasteiger partial charge on any atom is 0.233 e. The largest absolute Gasteiger partial charge is 0.507 e. The Bertz CT molecular complexity index is 1190. The molecule has 3 aromatic rings. The lowest BCUT2D eigenvalue weighted by Gasteiger charge is -2.40. The monoisotopic (exact) mass is 463 g/mol. The average molecular weight is 464 g/mol. The van der Waals surface area contributed by atoms with Gasteiger partial charge in [0.1, 0.15) is 11.9 Å². The highest BCUT2D eigenvalue weighted by Gasteiger charge is 2.48. The zero-order chi connectivity index (χ0) is 23.2. The highest BCUT2D eigenvalue weighted by atomic mass is 19.1. The molecule has 10 heteroatoms. The molecule has 4 atom stereocenters. The molecule has 2 saturated heterocycles. The van der Waals surface area contributed by atoms with E-state index in [1.807, 2.05) is 6.07 Å². The number of benzene rings is 1. The number of aromatic hydroxyl groups is 1. The summed E-state index contributed by atoms with van der Waals surface area (Å²) in [5.74, 6) is 1.34. The predicted molar refractivity (Wildman–Crippen MR) is 123 cm³/mol. The van der Waals surface area contributed by atoms with Gasteiger partial charge in [-0.05, 0) is 49.8 Å². The minimum atomic E-state index is -0.932. The number of ether oxygens (including phenoxy) is 1. The van der Waals surface area contributed by atoms with Crippen molar-refractivity contribution in [2.24, 2.45) is 0 Å². The van der Waals surface area contributed by atoms with E-state index in [0.717, 1.165) is 43.2 Å². The molecule has 3 aliphatic rings. The van der Waals surface area contributed by atoms with Gasteiger partial charge < -0.3 is 20.1 Å². The summed E-state index contributed by atoms with van der Waals surface area (Å²) in [6.07, 6.45) is 7.08. The molecule has 3 fully saturated rings. The van der Waals surface area contributed by atoms with Crippen LogP contribution < -0.4 is 15.0 Å². The molecular formula is C24H26FN7O2. The van der Waals surface area contributed by atoms with Gasteiger partial charge in [0.25, 0.3) is 0 Å². The Morgan fingerprint density at radius 3 is 2.68 bits per heavy atom. The number of nitrogens with one attached hydrogen (secondary N) is 1. The van der Waals surface area contributed by atoms with Gasteiger partial charge in [0, 0.05) is 29.8 Å². The quantitative estimate of drug-likeness (QED) is 0.570. The molecule has 176 valence electrons. The van der Waals surface area contributed by atoms with Crippen LogP contribution in [-0.4, -0.2) is 67.9 Å². The van der Waals surface area contributed by atoms with E-state index in [-0.39, 0.29) is 17.8 Å². The summed E-state index contributed by atoms with van der Waals surface area (Å²) in [6.45, 7) is 0. The second kappa shape index (κ2) is 8.43. The first-order valence-electron chi connectivity index (χ1n) is 11.7. The number of aromatic nitrogens is 5. The number of hydrogen-bond acceptors (Lipinski definition) is 9. The van der Waals surface area contributed by atoms with Crippen LogP contribution in [0.5, 0.6) is 11.6 Å². The maximum atomic E-state index is 15.3. The first-order valence-corrected chi connectivity index (χ1v) is 11.7. The number of alkyl halides is 1. The van der Waals surface area contributed by atoms with Crippen LogP contribution in [0.1, 0.15) is 32.1 Å². The first-order chi connectivity index (χ1) is 16.6. The van der Waals surface area contributed by atoms with Crippen LogP contribution in [0.15, 0.2) is 36.7 Å². The van der Waals surface area contributed by atoms with E-state index < -0.39 is 6.17 Å². The average Bonchev–Trinajstić information content (AvgIpc) is 3.62. The Labute approximate surface area is 196 Å². The van der Waals surface area contributed by atoms with Crippen LogP contribution in [0.4, 0.5) is 10.2 Å².